The molecule has 0 radical (unpaired) electrons. The van der Waals surface area contributed by atoms with Crippen LogP contribution in [0, 0.1) is 0 Å². The van der Waals surface area contributed by atoms with Crippen molar-refractivity contribution in [2.45, 2.75) is 13.3 Å². The molecule has 2 aromatic rings. The lowest BCUT2D eigenvalue weighted by Gasteiger charge is -2.05. The number of aryl methyl sites for hydroxylation is 1. The molecule has 0 unspecified atom stereocenters. The molecule has 0 saturated carbocycles. The van der Waals surface area contributed by atoms with Crippen molar-refractivity contribution in [3.8, 4) is 5.69 Å². The van der Waals surface area contributed by atoms with Crippen LogP contribution in [0.25, 0.3) is 5.69 Å². The van der Waals surface area contributed by atoms with Gasteiger partial charge in [-0.25, -0.2) is 0 Å². The highest BCUT2D eigenvalue weighted by Gasteiger charge is 2.02. The van der Waals surface area contributed by atoms with Crippen LogP contribution in [0.3, 0.4) is 0 Å². The first kappa shape index (κ1) is 9.40. The second-order valence-electron chi connectivity index (χ2n) is 3.01. The molecule has 0 saturated heterocycles. The van der Waals surface area contributed by atoms with Gasteiger partial charge in [0.05, 0.1) is 5.69 Å². The van der Waals surface area contributed by atoms with E-state index >= 15 is 0 Å². The Labute approximate surface area is 90.9 Å². The Bertz CT molecular complexity index is 423. The molecule has 1 aromatic heterocycles. The number of nitrogens with zero attached hydrogens (tertiary/aromatic N) is 3. The van der Waals surface area contributed by atoms with Crippen molar-refractivity contribution in [2.75, 3.05) is 0 Å². The largest absolute Gasteiger partial charge is 0.287 e. The first-order valence-corrected chi connectivity index (χ1v) is 5.24. The number of benzene rings is 1. The van der Waals surface area contributed by atoms with Crippen molar-refractivity contribution in [3.05, 3.63) is 40.9 Å². The minimum Gasteiger partial charge on any atom is -0.287 e. The van der Waals surface area contributed by atoms with E-state index in [1.54, 1.807) is 12.7 Å². The fourth-order valence-corrected chi connectivity index (χ4v) is 1.94. The fourth-order valence-electron chi connectivity index (χ4n) is 1.30. The second kappa shape index (κ2) is 3.92. The van der Waals surface area contributed by atoms with Crippen LogP contribution in [0.1, 0.15) is 12.5 Å². The zero-order valence-electron chi connectivity index (χ0n) is 7.81. The van der Waals surface area contributed by atoms with Gasteiger partial charge in [0.25, 0.3) is 0 Å². The van der Waals surface area contributed by atoms with Crippen LogP contribution in [-0.4, -0.2) is 14.8 Å². The summed E-state index contributed by atoms with van der Waals surface area (Å²) in [6.07, 6.45) is 4.42. The van der Waals surface area contributed by atoms with Gasteiger partial charge < -0.3 is 0 Å². The molecule has 0 N–H and O–H groups in total. The van der Waals surface area contributed by atoms with E-state index in [-0.39, 0.29) is 0 Å². The molecule has 1 heterocycles. The Balaban J connectivity index is 2.46. The van der Waals surface area contributed by atoms with Crippen LogP contribution in [-0.2, 0) is 6.42 Å². The molecule has 3 nitrogen and oxygen atoms in total. The van der Waals surface area contributed by atoms with E-state index in [0.29, 0.717) is 0 Å². The van der Waals surface area contributed by atoms with Gasteiger partial charge in [-0.15, -0.1) is 10.2 Å². The van der Waals surface area contributed by atoms with E-state index in [9.17, 15) is 0 Å². The molecule has 0 atom stereocenters. The lowest BCUT2D eigenvalue weighted by molar-refractivity contribution is 1.04. The molecular formula is C10H10BrN3. The van der Waals surface area contributed by atoms with Gasteiger partial charge in [0.15, 0.2) is 0 Å². The Morgan fingerprint density at radius 1 is 1.29 bits per heavy atom. The summed E-state index contributed by atoms with van der Waals surface area (Å²) in [6, 6.07) is 6.29. The van der Waals surface area contributed by atoms with Gasteiger partial charge in [0.2, 0.25) is 0 Å². The number of rotatable bonds is 2. The average molecular weight is 252 g/mol. The zero-order valence-corrected chi connectivity index (χ0v) is 9.40. The monoisotopic (exact) mass is 251 g/mol. The van der Waals surface area contributed by atoms with Crippen molar-refractivity contribution in [1.82, 2.24) is 14.8 Å². The van der Waals surface area contributed by atoms with Crippen molar-refractivity contribution in [3.63, 3.8) is 0 Å². The van der Waals surface area contributed by atoms with E-state index in [2.05, 4.69) is 51.3 Å². The van der Waals surface area contributed by atoms with Crippen molar-refractivity contribution in [1.29, 1.82) is 0 Å². The van der Waals surface area contributed by atoms with E-state index in [4.69, 9.17) is 0 Å². The quantitative estimate of drug-likeness (QED) is 0.822. The van der Waals surface area contributed by atoms with E-state index in [1.807, 2.05) is 4.57 Å². The topological polar surface area (TPSA) is 30.7 Å². The van der Waals surface area contributed by atoms with Gasteiger partial charge in [-0.3, -0.25) is 4.57 Å². The van der Waals surface area contributed by atoms with Gasteiger partial charge in [-0.1, -0.05) is 13.0 Å². The normalized spacial score (nSPS) is 10.4. The Morgan fingerprint density at radius 2 is 2.00 bits per heavy atom. The van der Waals surface area contributed by atoms with Crippen molar-refractivity contribution >= 4 is 15.9 Å². The maximum absolute atomic E-state index is 3.77. The molecule has 0 bridgehead atoms. The lowest BCUT2D eigenvalue weighted by atomic mass is 10.1. The molecule has 0 aliphatic carbocycles. The first-order valence-electron chi connectivity index (χ1n) is 4.44. The molecule has 0 spiro atoms. The molecule has 1 aromatic carbocycles. The molecule has 2 rings (SSSR count). The summed E-state index contributed by atoms with van der Waals surface area (Å²) in [5, 5.41) is 7.55. The summed E-state index contributed by atoms with van der Waals surface area (Å²) >= 11 is 3.53. The van der Waals surface area contributed by atoms with Gasteiger partial charge in [0.1, 0.15) is 12.7 Å². The predicted molar refractivity (Wildman–Crippen MR) is 58.4 cm³/mol. The highest BCUT2D eigenvalue weighted by Crippen LogP contribution is 2.22. The van der Waals surface area contributed by atoms with Crippen LogP contribution in [0.5, 0.6) is 0 Å². The molecule has 0 aliphatic rings. The molecule has 4 heteroatoms. The Kier molecular flexibility index (Phi) is 2.63. The predicted octanol–water partition coefficient (Wildman–Crippen LogP) is 2.59. The standard InChI is InChI=1S/C10H10BrN3/c1-2-8-3-4-10(9(11)5-8)14-6-12-13-7-14/h3-7H,2H2,1H3. The number of hydrogen-bond donors (Lipinski definition) is 0. The summed E-state index contributed by atoms with van der Waals surface area (Å²) in [5.74, 6) is 0. The van der Waals surface area contributed by atoms with Gasteiger partial charge in [-0.2, -0.15) is 0 Å². The van der Waals surface area contributed by atoms with Crippen LogP contribution >= 0.6 is 15.9 Å². The third-order valence-electron chi connectivity index (χ3n) is 2.12. The SMILES string of the molecule is CCc1ccc(-n2cnnc2)c(Br)c1. The minimum absolute atomic E-state index is 1.04. The van der Waals surface area contributed by atoms with E-state index in [0.717, 1.165) is 16.6 Å². The van der Waals surface area contributed by atoms with E-state index in [1.165, 1.54) is 5.56 Å². The van der Waals surface area contributed by atoms with Crippen molar-refractivity contribution in [2.24, 2.45) is 0 Å². The zero-order chi connectivity index (χ0) is 9.97. The van der Waals surface area contributed by atoms with Crippen LogP contribution in [0.15, 0.2) is 35.3 Å². The summed E-state index contributed by atoms with van der Waals surface area (Å²) in [7, 11) is 0. The third kappa shape index (κ3) is 1.70. The smallest absolute Gasteiger partial charge is 0.123 e. The van der Waals surface area contributed by atoms with Crippen molar-refractivity contribution < 1.29 is 0 Å². The molecule has 0 fully saturated rings. The van der Waals surface area contributed by atoms with Gasteiger partial charge >= 0.3 is 0 Å². The van der Waals surface area contributed by atoms with Gasteiger partial charge in [0, 0.05) is 4.47 Å². The summed E-state index contributed by atoms with van der Waals surface area (Å²) in [4.78, 5) is 0. The highest BCUT2D eigenvalue weighted by atomic mass is 79.9. The molecule has 14 heavy (non-hydrogen) atoms. The number of halogens is 1. The number of hydrogen-bond acceptors (Lipinski definition) is 2. The second-order valence-corrected chi connectivity index (χ2v) is 3.86. The Hall–Kier alpha value is -1.16. The summed E-state index contributed by atoms with van der Waals surface area (Å²) in [5.41, 5.74) is 2.38. The fraction of sp³-hybridized carbons (Fsp3) is 0.200. The maximum atomic E-state index is 3.77. The van der Waals surface area contributed by atoms with Crippen LogP contribution in [0.2, 0.25) is 0 Å². The molecule has 0 aliphatic heterocycles. The summed E-state index contributed by atoms with van der Waals surface area (Å²) in [6.45, 7) is 2.14. The van der Waals surface area contributed by atoms with Gasteiger partial charge in [-0.05, 0) is 40.0 Å². The molecule has 0 amide bonds. The molecule has 72 valence electrons. The van der Waals surface area contributed by atoms with Crippen LogP contribution in [0.4, 0.5) is 0 Å². The summed E-state index contributed by atoms with van der Waals surface area (Å²) < 4.78 is 2.94. The lowest BCUT2D eigenvalue weighted by Crippen LogP contribution is -1.92. The average Bonchev–Trinajstić information content (AvgIpc) is 2.70. The minimum atomic E-state index is 1.04. The van der Waals surface area contributed by atoms with Crippen LogP contribution < -0.4 is 0 Å². The molecular weight excluding hydrogens is 242 g/mol. The first-order chi connectivity index (χ1) is 6.81. The third-order valence-corrected chi connectivity index (χ3v) is 2.75. The van der Waals surface area contributed by atoms with E-state index < -0.39 is 0 Å². The number of aromatic nitrogens is 3. The maximum Gasteiger partial charge on any atom is 0.123 e. The Morgan fingerprint density at radius 3 is 2.57 bits per heavy atom. The highest BCUT2D eigenvalue weighted by molar-refractivity contribution is 9.10.